The lowest BCUT2D eigenvalue weighted by molar-refractivity contribution is 0.174. The minimum Gasteiger partial charge on any atom is -0.454 e. The number of aromatic amines is 1. The number of fused-ring (bicyclic) bond motifs is 2. The Labute approximate surface area is 176 Å². The van der Waals surface area contributed by atoms with Crippen molar-refractivity contribution in [1.82, 2.24) is 9.88 Å². The average molecular weight is 432 g/mol. The fourth-order valence-corrected chi connectivity index (χ4v) is 3.57. The molecule has 0 bridgehead atoms. The van der Waals surface area contributed by atoms with E-state index in [1.165, 1.54) is 0 Å². The standard InChI is InChI=1S/C20H18ClN3O4S/c21-14-2-1-3-15(8-14)22-20(29)24(4-5-25)10-13-6-12-7-17-18(28-11-27-17)9-16(12)23-19(13)26/h1-3,6-9,25H,4-5,10-11H2,(H,22,29)(H,23,26). The number of halogens is 1. The van der Waals surface area contributed by atoms with Gasteiger partial charge in [0.2, 0.25) is 6.79 Å². The predicted molar refractivity (Wildman–Crippen MR) is 116 cm³/mol. The maximum absolute atomic E-state index is 12.6. The van der Waals surface area contributed by atoms with Crippen molar-refractivity contribution < 1.29 is 14.6 Å². The number of pyridine rings is 1. The third kappa shape index (κ3) is 4.29. The van der Waals surface area contributed by atoms with Gasteiger partial charge in [0.25, 0.3) is 5.56 Å². The van der Waals surface area contributed by atoms with E-state index in [1.807, 2.05) is 18.2 Å². The van der Waals surface area contributed by atoms with E-state index in [1.54, 1.807) is 29.2 Å². The van der Waals surface area contributed by atoms with Crippen LogP contribution in [0.15, 0.2) is 47.3 Å². The maximum Gasteiger partial charge on any atom is 0.253 e. The van der Waals surface area contributed by atoms with Crippen molar-refractivity contribution in [3.8, 4) is 11.5 Å². The second-order valence-electron chi connectivity index (χ2n) is 6.50. The van der Waals surface area contributed by atoms with Crippen molar-refractivity contribution in [2.75, 3.05) is 25.3 Å². The number of nitrogens with zero attached hydrogens (tertiary/aromatic N) is 1. The molecule has 0 aliphatic carbocycles. The molecular weight excluding hydrogens is 414 g/mol. The van der Waals surface area contributed by atoms with E-state index in [2.05, 4.69) is 10.3 Å². The largest absolute Gasteiger partial charge is 0.454 e. The van der Waals surface area contributed by atoms with Crippen molar-refractivity contribution in [2.45, 2.75) is 6.54 Å². The summed E-state index contributed by atoms with van der Waals surface area (Å²) >= 11 is 11.5. The van der Waals surface area contributed by atoms with E-state index in [9.17, 15) is 9.90 Å². The number of benzene rings is 2. The normalized spacial score (nSPS) is 12.2. The maximum atomic E-state index is 12.6. The fraction of sp³-hybridized carbons (Fsp3) is 0.200. The van der Waals surface area contributed by atoms with Crippen LogP contribution in [0.25, 0.3) is 10.9 Å². The molecular formula is C20H18ClN3O4S. The smallest absolute Gasteiger partial charge is 0.253 e. The van der Waals surface area contributed by atoms with Crippen molar-refractivity contribution in [3.63, 3.8) is 0 Å². The average Bonchev–Trinajstić information content (AvgIpc) is 3.13. The van der Waals surface area contributed by atoms with Crippen molar-refractivity contribution >= 4 is 45.5 Å². The van der Waals surface area contributed by atoms with E-state index >= 15 is 0 Å². The third-order valence-electron chi connectivity index (χ3n) is 4.51. The molecule has 7 nitrogen and oxygen atoms in total. The minimum atomic E-state index is -0.232. The second-order valence-corrected chi connectivity index (χ2v) is 7.33. The molecule has 150 valence electrons. The van der Waals surface area contributed by atoms with Gasteiger partial charge >= 0.3 is 0 Å². The summed E-state index contributed by atoms with van der Waals surface area (Å²) in [6.45, 7) is 0.551. The molecule has 0 atom stereocenters. The Morgan fingerprint density at radius 2 is 2.03 bits per heavy atom. The van der Waals surface area contributed by atoms with Gasteiger partial charge in [-0.3, -0.25) is 4.79 Å². The molecule has 1 aliphatic rings. The SMILES string of the molecule is O=c1[nH]c2cc3c(cc2cc1CN(CCO)C(=S)Nc1cccc(Cl)c1)OCO3. The molecule has 29 heavy (non-hydrogen) atoms. The molecule has 9 heteroatoms. The van der Waals surface area contributed by atoms with Crippen LogP contribution in [0.4, 0.5) is 5.69 Å². The van der Waals surface area contributed by atoms with Crippen LogP contribution in [-0.2, 0) is 6.54 Å². The summed E-state index contributed by atoms with van der Waals surface area (Å²) in [4.78, 5) is 17.2. The first-order chi connectivity index (χ1) is 14.0. The molecule has 3 aromatic rings. The highest BCUT2D eigenvalue weighted by atomic mass is 35.5. The molecule has 1 aromatic heterocycles. The lowest BCUT2D eigenvalue weighted by Gasteiger charge is -2.25. The number of rotatable bonds is 5. The van der Waals surface area contributed by atoms with Gasteiger partial charge in [-0.15, -0.1) is 0 Å². The molecule has 0 unspecified atom stereocenters. The number of aliphatic hydroxyl groups is 1. The molecule has 2 heterocycles. The van der Waals surface area contributed by atoms with Gasteiger partial charge in [-0.1, -0.05) is 17.7 Å². The highest BCUT2D eigenvalue weighted by molar-refractivity contribution is 7.80. The van der Waals surface area contributed by atoms with Crippen molar-refractivity contribution in [2.24, 2.45) is 0 Å². The van der Waals surface area contributed by atoms with Crippen LogP contribution < -0.4 is 20.3 Å². The van der Waals surface area contributed by atoms with Crippen LogP contribution in [-0.4, -0.2) is 40.0 Å². The number of ether oxygens (including phenoxy) is 2. The highest BCUT2D eigenvalue weighted by Gasteiger charge is 2.17. The minimum absolute atomic E-state index is 0.110. The van der Waals surface area contributed by atoms with Gasteiger partial charge in [0, 0.05) is 34.3 Å². The van der Waals surface area contributed by atoms with E-state index in [-0.39, 0.29) is 32.0 Å². The summed E-state index contributed by atoms with van der Waals surface area (Å²) in [6, 6.07) is 12.5. The topological polar surface area (TPSA) is 86.8 Å². The predicted octanol–water partition coefficient (Wildman–Crippen LogP) is 3.10. The Bertz CT molecular complexity index is 1130. The molecule has 1 aliphatic heterocycles. The number of aliphatic hydroxyl groups excluding tert-OH is 1. The molecule has 3 N–H and O–H groups in total. The van der Waals surface area contributed by atoms with Crippen LogP contribution >= 0.6 is 23.8 Å². The lowest BCUT2D eigenvalue weighted by Crippen LogP contribution is -2.37. The number of hydrogen-bond donors (Lipinski definition) is 3. The highest BCUT2D eigenvalue weighted by Crippen LogP contribution is 2.35. The summed E-state index contributed by atoms with van der Waals surface area (Å²) in [5.41, 5.74) is 1.67. The number of thiocarbonyl (C=S) groups is 1. The van der Waals surface area contributed by atoms with Gasteiger partial charge < -0.3 is 29.8 Å². The van der Waals surface area contributed by atoms with Crippen LogP contribution in [0.5, 0.6) is 11.5 Å². The van der Waals surface area contributed by atoms with Gasteiger partial charge in [0.05, 0.1) is 18.7 Å². The molecule has 0 spiro atoms. The summed E-state index contributed by atoms with van der Waals surface area (Å²) in [6.07, 6.45) is 0. The van der Waals surface area contributed by atoms with E-state index < -0.39 is 0 Å². The summed E-state index contributed by atoms with van der Waals surface area (Å²) in [5, 5.41) is 14.3. The Morgan fingerprint density at radius 3 is 2.79 bits per heavy atom. The number of anilines is 1. The number of hydrogen-bond acceptors (Lipinski definition) is 5. The van der Waals surface area contributed by atoms with Crippen LogP contribution in [0, 0.1) is 0 Å². The Hall–Kier alpha value is -2.81. The number of aromatic nitrogens is 1. The van der Waals surface area contributed by atoms with Gasteiger partial charge in [-0.25, -0.2) is 0 Å². The first kappa shape index (κ1) is 19.5. The lowest BCUT2D eigenvalue weighted by atomic mass is 10.1. The molecule has 0 saturated carbocycles. The zero-order valence-corrected chi connectivity index (χ0v) is 16.8. The first-order valence-corrected chi connectivity index (χ1v) is 9.70. The van der Waals surface area contributed by atoms with Crippen LogP contribution in [0.1, 0.15) is 5.56 Å². The molecule has 0 amide bonds. The summed E-state index contributed by atoms with van der Waals surface area (Å²) in [5.74, 6) is 1.25. The van der Waals surface area contributed by atoms with Crippen molar-refractivity contribution in [1.29, 1.82) is 0 Å². The first-order valence-electron chi connectivity index (χ1n) is 8.91. The van der Waals surface area contributed by atoms with Crippen molar-refractivity contribution in [3.05, 3.63) is 63.4 Å². The zero-order chi connectivity index (χ0) is 20.4. The Balaban J connectivity index is 1.59. The van der Waals surface area contributed by atoms with E-state index in [0.717, 1.165) is 11.1 Å². The van der Waals surface area contributed by atoms with Crippen LogP contribution in [0.2, 0.25) is 5.02 Å². The molecule has 4 rings (SSSR count). The number of nitrogens with one attached hydrogen (secondary N) is 2. The van der Waals surface area contributed by atoms with Crippen LogP contribution in [0.3, 0.4) is 0 Å². The van der Waals surface area contributed by atoms with Gasteiger partial charge in [-0.05, 0) is 42.5 Å². The molecule has 0 radical (unpaired) electrons. The Morgan fingerprint density at radius 1 is 1.24 bits per heavy atom. The van der Waals surface area contributed by atoms with E-state index in [4.69, 9.17) is 33.3 Å². The van der Waals surface area contributed by atoms with E-state index in [0.29, 0.717) is 32.7 Å². The number of H-pyrrole nitrogens is 1. The van der Waals surface area contributed by atoms with Gasteiger partial charge in [0.1, 0.15) is 0 Å². The zero-order valence-electron chi connectivity index (χ0n) is 15.3. The molecule has 0 saturated heterocycles. The van der Waals surface area contributed by atoms with Gasteiger partial charge in [-0.2, -0.15) is 0 Å². The van der Waals surface area contributed by atoms with Gasteiger partial charge in [0.15, 0.2) is 16.6 Å². The second kappa shape index (κ2) is 8.28. The fourth-order valence-electron chi connectivity index (χ4n) is 3.11. The monoisotopic (exact) mass is 431 g/mol. The Kier molecular flexibility index (Phi) is 5.57. The summed E-state index contributed by atoms with van der Waals surface area (Å²) < 4.78 is 10.8. The third-order valence-corrected chi connectivity index (χ3v) is 5.10. The molecule has 0 fully saturated rings. The summed E-state index contributed by atoms with van der Waals surface area (Å²) in [7, 11) is 0. The molecule has 2 aromatic carbocycles. The quantitative estimate of drug-likeness (QED) is 0.535.